The molecule has 2 aliphatic heterocycles. The molecule has 2 nitrogen and oxygen atoms in total. The number of benzene rings is 5. The average Bonchev–Trinajstić information content (AvgIpc) is 3.64. The van der Waals surface area contributed by atoms with Gasteiger partial charge in [-0.1, -0.05) is 135 Å². The van der Waals surface area contributed by atoms with Crippen LogP contribution in [0.15, 0.2) is 78.9 Å². The third-order valence-corrected chi connectivity index (χ3v) is 20.7. The number of nitrogens with zero attached hydrogens (tertiary/aromatic N) is 2. The molecule has 6 aromatic rings. The van der Waals surface area contributed by atoms with E-state index in [0.29, 0.717) is 0 Å². The number of anilines is 6. The smallest absolute Gasteiger partial charge is 0.254 e. The van der Waals surface area contributed by atoms with Crippen molar-refractivity contribution in [3.05, 3.63) is 123 Å². The zero-order valence-electron chi connectivity index (χ0n) is 44.5. The molecule has 0 saturated heterocycles. The van der Waals surface area contributed by atoms with Crippen molar-refractivity contribution in [2.45, 2.75) is 205 Å². The second-order valence-corrected chi connectivity index (χ2v) is 29.2. The molecular formula is C64H77BN2S. The molecule has 5 aliphatic carbocycles. The first kappa shape index (κ1) is 44.9. The minimum Gasteiger partial charge on any atom is -0.311 e. The molecule has 1 saturated carbocycles. The lowest BCUT2D eigenvalue weighted by molar-refractivity contribution is 0.188. The van der Waals surface area contributed by atoms with Crippen molar-refractivity contribution in [2.75, 3.05) is 9.80 Å². The summed E-state index contributed by atoms with van der Waals surface area (Å²) in [5.74, 6) is 0. The van der Waals surface area contributed by atoms with Gasteiger partial charge in [0.1, 0.15) is 0 Å². The normalized spacial score (nSPS) is 24.5. The molecule has 0 spiro atoms. The molecule has 5 aromatic carbocycles. The lowest BCUT2D eigenvalue weighted by Crippen LogP contribution is -2.61. The highest BCUT2D eigenvalue weighted by Crippen LogP contribution is 2.59. The van der Waals surface area contributed by atoms with Gasteiger partial charge in [0, 0.05) is 33.1 Å². The SMILES string of the molecule is CC(C)(C)c1ccc(N2c3cc(C(C)(C)C)cc4c3B(c3cc5c(cc3N4c3ccc4c(c3)C(C)(C)CCC4(C)C)C(C)(C)CCC5(C)C)c3c2sc2cc4c(cc32)C2(C)CCC4(C)CC2)cc1. The van der Waals surface area contributed by atoms with Gasteiger partial charge in [0.25, 0.3) is 6.71 Å². The Balaban J connectivity index is 1.23. The highest BCUT2D eigenvalue weighted by molar-refractivity contribution is 7.26. The van der Waals surface area contributed by atoms with E-state index in [1.807, 2.05) is 0 Å². The summed E-state index contributed by atoms with van der Waals surface area (Å²) in [5, 5.41) is 2.88. The topological polar surface area (TPSA) is 6.48 Å². The average molecular weight is 917 g/mol. The summed E-state index contributed by atoms with van der Waals surface area (Å²) in [4.78, 5) is 5.49. The van der Waals surface area contributed by atoms with Gasteiger partial charge in [-0.25, -0.2) is 0 Å². The van der Waals surface area contributed by atoms with E-state index >= 15 is 0 Å². The number of rotatable bonds is 2. The lowest BCUT2D eigenvalue weighted by atomic mass is 9.33. The molecule has 68 heavy (non-hydrogen) atoms. The largest absolute Gasteiger partial charge is 0.311 e. The van der Waals surface area contributed by atoms with Crippen LogP contribution in [-0.4, -0.2) is 6.71 Å². The van der Waals surface area contributed by atoms with E-state index in [9.17, 15) is 0 Å². The van der Waals surface area contributed by atoms with Gasteiger partial charge in [0.15, 0.2) is 0 Å². The molecule has 0 unspecified atom stereocenters. The van der Waals surface area contributed by atoms with E-state index in [2.05, 4.69) is 211 Å². The molecule has 352 valence electrons. The van der Waals surface area contributed by atoms with Crippen LogP contribution in [0.3, 0.4) is 0 Å². The highest BCUT2D eigenvalue weighted by atomic mass is 32.1. The lowest BCUT2D eigenvalue weighted by Gasteiger charge is -2.52. The standard InChI is InChI=1S/C64H77BN2S/c1-57(2,3)38-17-19-40(20-18-38)67-52-32-39(58(4,5)6)31-51-55(52)65(54-42-34-47-48(37-53(42)68-56(54)67)64(16)29-27-63(47,15)28-30-64)49-35-45-46(62(13,14)26-25-61(45,11)12)36-50(49)66(51)41-21-22-43-44(33-41)60(9,10)24-23-59(43,7)8/h17-22,31-37H,23-30H2,1-16H3. The number of fused-ring (bicyclic) bond motifs is 10. The van der Waals surface area contributed by atoms with E-state index in [1.165, 1.54) is 139 Å². The van der Waals surface area contributed by atoms with Crippen LogP contribution in [-0.2, 0) is 43.3 Å². The van der Waals surface area contributed by atoms with Crippen LogP contribution in [0.1, 0.15) is 207 Å². The van der Waals surface area contributed by atoms with Crippen LogP contribution in [0.25, 0.3) is 10.1 Å². The Labute approximate surface area is 414 Å². The van der Waals surface area contributed by atoms with Gasteiger partial charge in [-0.15, -0.1) is 11.3 Å². The van der Waals surface area contributed by atoms with Crippen LogP contribution in [0.4, 0.5) is 33.4 Å². The minimum absolute atomic E-state index is 0.0641. The van der Waals surface area contributed by atoms with Gasteiger partial charge in [0.05, 0.1) is 5.00 Å². The van der Waals surface area contributed by atoms with E-state index < -0.39 is 0 Å². The van der Waals surface area contributed by atoms with E-state index in [-0.39, 0.29) is 50.0 Å². The summed E-state index contributed by atoms with van der Waals surface area (Å²) in [5.41, 5.74) is 24.0. The molecular weight excluding hydrogens is 840 g/mol. The second kappa shape index (κ2) is 13.8. The van der Waals surface area contributed by atoms with Gasteiger partial charge >= 0.3 is 0 Å². The first-order valence-electron chi connectivity index (χ1n) is 26.5. The maximum absolute atomic E-state index is 2.76. The molecule has 13 rings (SSSR count). The van der Waals surface area contributed by atoms with Crippen molar-refractivity contribution in [3.8, 4) is 0 Å². The highest BCUT2D eigenvalue weighted by Gasteiger charge is 2.51. The Morgan fingerprint density at radius 1 is 0.426 bits per heavy atom. The molecule has 7 aliphatic rings. The molecule has 2 bridgehead atoms. The summed E-state index contributed by atoms with van der Waals surface area (Å²) in [6.07, 6.45) is 9.96. The molecule has 0 radical (unpaired) electrons. The number of thiophene rings is 1. The number of hydrogen-bond acceptors (Lipinski definition) is 3. The summed E-state index contributed by atoms with van der Waals surface area (Å²) in [7, 11) is 0. The predicted octanol–water partition coefficient (Wildman–Crippen LogP) is 16.4. The number of hydrogen-bond donors (Lipinski definition) is 0. The maximum atomic E-state index is 2.76. The van der Waals surface area contributed by atoms with Crippen molar-refractivity contribution in [3.63, 3.8) is 0 Å². The van der Waals surface area contributed by atoms with Crippen molar-refractivity contribution in [1.82, 2.24) is 0 Å². The molecule has 1 fully saturated rings. The first-order chi connectivity index (χ1) is 31.6. The van der Waals surface area contributed by atoms with Crippen molar-refractivity contribution < 1.29 is 0 Å². The molecule has 1 aromatic heterocycles. The fraction of sp³-hybridized carbons (Fsp3) is 0.500. The summed E-state index contributed by atoms with van der Waals surface area (Å²) < 4.78 is 1.45. The Morgan fingerprint density at radius 3 is 1.47 bits per heavy atom. The van der Waals surface area contributed by atoms with Crippen molar-refractivity contribution in [2.24, 2.45) is 0 Å². The quantitative estimate of drug-likeness (QED) is 0.159. The van der Waals surface area contributed by atoms with Gasteiger partial charge in [-0.2, -0.15) is 0 Å². The molecule has 0 atom stereocenters. The van der Waals surface area contributed by atoms with Crippen LogP contribution >= 0.6 is 11.3 Å². The zero-order chi connectivity index (χ0) is 48.3. The van der Waals surface area contributed by atoms with Crippen LogP contribution in [0.5, 0.6) is 0 Å². The molecule has 3 heterocycles. The Morgan fingerprint density at radius 2 is 0.912 bits per heavy atom. The predicted molar refractivity (Wildman–Crippen MR) is 297 cm³/mol. The second-order valence-electron chi connectivity index (χ2n) is 28.1. The van der Waals surface area contributed by atoms with Gasteiger partial charge in [-0.05, 0) is 216 Å². The van der Waals surface area contributed by atoms with Crippen molar-refractivity contribution in [1.29, 1.82) is 0 Å². The van der Waals surface area contributed by atoms with E-state index in [1.54, 1.807) is 16.7 Å². The molecule has 0 amide bonds. The van der Waals surface area contributed by atoms with Crippen LogP contribution in [0.2, 0.25) is 0 Å². The Hall–Kier alpha value is -4.28. The van der Waals surface area contributed by atoms with Gasteiger partial charge in [0.2, 0.25) is 0 Å². The summed E-state index contributed by atoms with van der Waals surface area (Å²) in [6, 6.07) is 33.5. The Bertz CT molecular complexity index is 3130. The third-order valence-electron chi connectivity index (χ3n) is 19.5. The summed E-state index contributed by atoms with van der Waals surface area (Å²) in [6.45, 7) is 39.5. The zero-order valence-corrected chi connectivity index (χ0v) is 45.4. The molecule has 0 N–H and O–H groups in total. The van der Waals surface area contributed by atoms with E-state index in [4.69, 9.17) is 0 Å². The fourth-order valence-corrected chi connectivity index (χ4v) is 15.6. The van der Waals surface area contributed by atoms with Crippen LogP contribution < -0.4 is 26.2 Å². The summed E-state index contributed by atoms with van der Waals surface area (Å²) >= 11 is 2.06. The minimum atomic E-state index is -0.0812. The maximum Gasteiger partial charge on any atom is 0.254 e. The van der Waals surface area contributed by atoms with Crippen LogP contribution in [0, 0.1) is 0 Å². The monoisotopic (exact) mass is 917 g/mol. The Kier molecular flexibility index (Phi) is 9.09. The van der Waals surface area contributed by atoms with Gasteiger partial charge < -0.3 is 9.80 Å². The van der Waals surface area contributed by atoms with Crippen molar-refractivity contribution >= 4 is 78.0 Å². The molecule has 4 heteroatoms. The fourth-order valence-electron chi connectivity index (χ4n) is 14.3. The first-order valence-corrected chi connectivity index (χ1v) is 27.3. The van der Waals surface area contributed by atoms with E-state index in [0.717, 1.165) is 0 Å². The third kappa shape index (κ3) is 6.26. The van der Waals surface area contributed by atoms with Gasteiger partial charge in [-0.3, -0.25) is 0 Å².